The van der Waals surface area contributed by atoms with Gasteiger partial charge in [-0.15, -0.1) is 0 Å². The molecular formula is C18H23NO2. The second-order valence-corrected chi connectivity index (χ2v) is 6.20. The zero-order valence-electron chi connectivity index (χ0n) is 12.7. The Bertz CT molecular complexity index is 603. The summed E-state index contributed by atoms with van der Waals surface area (Å²) in [6.07, 6.45) is 4.80. The molecule has 0 bridgehead atoms. The molecule has 1 N–H and O–H groups in total. The molecule has 21 heavy (non-hydrogen) atoms. The lowest BCUT2D eigenvalue weighted by atomic mass is 9.93. The topological polar surface area (TPSA) is 34.4 Å². The van der Waals surface area contributed by atoms with Gasteiger partial charge < -0.3 is 14.4 Å². The lowest BCUT2D eigenvalue weighted by Crippen LogP contribution is -2.18. The summed E-state index contributed by atoms with van der Waals surface area (Å²) in [6.45, 7) is 5.79. The van der Waals surface area contributed by atoms with Crippen LogP contribution in [0.2, 0.25) is 0 Å². The van der Waals surface area contributed by atoms with E-state index in [2.05, 4.69) is 29.1 Å². The van der Waals surface area contributed by atoms with E-state index in [9.17, 15) is 5.11 Å². The molecule has 0 saturated heterocycles. The second kappa shape index (κ2) is 5.94. The summed E-state index contributed by atoms with van der Waals surface area (Å²) in [5.74, 6) is 1.74. The fraction of sp³-hybridized carbons (Fsp3) is 0.444. The Morgan fingerprint density at radius 2 is 2.10 bits per heavy atom. The van der Waals surface area contributed by atoms with Crippen molar-refractivity contribution in [3.8, 4) is 5.75 Å². The number of aliphatic hydroxyl groups excluding tert-OH is 1. The van der Waals surface area contributed by atoms with Crippen molar-refractivity contribution in [1.29, 1.82) is 0 Å². The molecule has 1 aliphatic heterocycles. The van der Waals surface area contributed by atoms with Crippen molar-refractivity contribution in [3.05, 3.63) is 53.9 Å². The number of benzene rings is 1. The van der Waals surface area contributed by atoms with E-state index in [0.29, 0.717) is 5.92 Å². The molecule has 1 aromatic heterocycles. The van der Waals surface area contributed by atoms with Crippen LogP contribution in [0.4, 0.5) is 0 Å². The first-order chi connectivity index (χ1) is 10.1. The van der Waals surface area contributed by atoms with Gasteiger partial charge in [0.15, 0.2) is 0 Å². The van der Waals surface area contributed by atoms with Gasteiger partial charge in [0.2, 0.25) is 0 Å². The zero-order valence-corrected chi connectivity index (χ0v) is 12.7. The van der Waals surface area contributed by atoms with Gasteiger partial charge in [0.05, 0.1) is 12.7 Å². The van der Waals surface area contributed by atoms with Gasteiger partial charge in [-0.05, 0) is 35.6 Å². The Hall–Kier alpha value is -1.74. The van der Waals surface area contributed by atoms with Gasteiger partial charge in [-0.1, -0.05) is 32.0 Å². The van der Waals surface area contributed by atoms with Crippen LogP contribution in [0.25, 0.3) is 0 Å². The molecule has 0 amide bonds. The third-order valence-corrected chi connectivity index (χ3v) is 4.26. The first kappa shape index (κ1) is 14.2. The van der Waals surface area contributed by atoms with Crippen LogP contribution >= 0.6 is 0 Å². The number of para-hydroxylation sites is 1. The lowest BCUT2D eigenvalue weighted by molar-refractivity contribution is 0.127. The van der Waals surface area contributed by atoms with E-state index in [1.165, 1.54) is 5.56 Å². The molecule has 0 spiro atoms. The zero-order chi connectivity index (χ0) is 14.8. The van der Waals surface area contributed by atoms with Crippen molar-refractivity contribution < 1.29 is 9.84 Å². The normalized spacial score (nSPS) is 19.1. The number of nitrogens with zero attached hydrogens (tertiary/aromatic N) is 1. The first-order valence-corrected chi connectivity index (χ1v) is 7.70. The van der Waals surface area contributed by atoms with E-state index >= 15 is 0 Å². The maximum absolute atomic E-state index is 10.1. The number of rotatable bonds is 4. The van der Waals surface area contributed by atoms with Crippen molar-refractivity contribution in [1.82, 2.24) is 4.57 Å². The number of hydrogen-bond acceptors (Lipinski definition) is 2. The SMILES string of the molecule is CC(C)C(O)c1ccn(CC2CCOc3ccccc32)c1. The van der Waals surface area contributed by atoms with E-state index in [0.717, 1.165) is 30.9 Å². The summed E-state index contributed by atoms with van der Waals surface area (Å²) >= 11 is 0. The molecule has 3 nitrogen and oxygen atoms in total. The largest absolute Gasteiger partial charge is 0.493 e. The Kier molecular flexibility index (Phi) is 4.02. The Morgan fingerprint density at radius 1 is 1.29 bits per heavy atom. The summed E-state index contributed by atoms with van der Waals surface area (Å²) in [4.78, 5) is 0. The molecule has 2 atom stereocenters. The molecule has 0 radical (unpaired) electrons. The van der Waals surface area contributed by atoms with Crippen molar-refractivity contribution in [3.63, 3.8) is 0 Å². The molecule has 2 aromatic rings. The van der Waals surface area contributed by atoms with Crippen LogP contribution in [0.3, 0.4) is 0 Å². The highest BCUT2D eigenvalue weighted by Crippen LogP contribution is 2.34. The molecule has 1 aromatic carbocycles. The van der Waals surface area contributed by atoms with Gasteiger partial charge in [0.1, 0.15) is 5.75 Å². The number of fused-ring (bicyclic) bond motifs is 1. The predicted octanol–water partition coefficient (Wildman–Crippen LogP) is 3.74. The van der Waals surface area contributed by atoms with Crippen LogP contribution in [0, 0.1) is 5.92 Å². The van der Waals surface area contributed by atoms with Gasteiger partial charge in [0.25, 0.3) is 0 Å². The highest BCUT2D eigenvalue weighted by atomic mass is 16.5. The van der Waals surface area contributed by atoms with Gasteiger partial charge in [-0.2, -0.15) is 0 Å². The molecule has 0 aliphatic carbocycles. The molecule has 3 heteroatoms. The summed E-state index contributed by atoms with van der Waals surface area (Å²) in [5.41, 5.74) is 2.30. The van der Waals surface area contributed by atoms with Crippen LogP contribution < -0.4 is 4.74 Å². The quantitative estimate of drug-likeness (QED) is 0.928. The molecular weight excluding hydrogens is 262 g/mol. The van der Waals surface area contributed by atoms with Crippen molar-refractivity contribution in [2.24, 2.45) is 5.92 Å². The van der Waals surface area contributed by atoms with E-state index < -0.39 is 0 Å². The molecule has 0 fully saturated rings. The van der Waals surface area contributed by atoms with Gasteiger partial charge >= 0.3 is 0 Å². The van der Waals surface area contributed by atoms with Crippen LogP contribution in [0.1, 0.15) is 43.4 Å². The molecule has 3 rings (SSSR count). The monoisotopic (exact) mass is 285 g/mol. The smallest absolute Gasteiger partial charge is 0.122 e. The number of aliphatic hydroxyl groups is 1. The fourth-order valence-corrected chi connectivity index (χ4v) is 2.99. The Labute approximate surface area is 126 Å². The van der Waals surface area contributed by atoms with Crippen LogP contribution in [-0.2, 0) is 6.54 Å². The lowest BCUT2D eigenvalue weighted by Gasteiger charge is -2.26. The van der Waals surface area contributed by atoms with E-state index in [-0.39, 0.29) is 12.0 Å². The van der Waals surface area contributed by atoms with Crippen LogP contribution in [0.5, 0.6) is 5.75 Å². The fourth-order valence-electron chi connectivity index (χ4n) is 2.99. The minimum absolute atomic E-state index is 0.240. The first-order valence-electron chi connectivity index (χ1n) is 7.70. The van der Waals surface area contributed by atoms with E-state index in [1.54, 1.807) is 0 Å². The maximum atomic E-state index is 10.1. The number of ether oxygens (including phenoxy) is 1. The molecule has 1 aliphatic rings. The Morgan fingerprint density at radius 3 is 2.90 bits per heavy atom. The highest BCUT2D eigenvalue weighted by Gasteiger charge is 2.21. The summed E-state index contributed by atoms with van der Waals surface area (Å²) < 4.78 is 7.91. The van der Waals surface area contributed by atoms with Crippen LogP contribution in [-0.4, -0.2) is 16.3 Å². The van der Waals surface area contributed by atoms with Gasteiger partial charge in [-0.25, -0.2) is 0 Å². The van der Waals surface area contributed by atoms with Crippen LogP contribution in [0.15, 0.2) is 42.7 Å². The number of hydrogen-bond donors (Lipinski definition) is 1. The molecule has 0 saturated carbocycles. The summed E-state index contributed by atoms with van der Waals surface area (Å²) in [6, 6.07) is 10.3. The van der Waals surface area contributed by atoms with Gasteiger partial charge in [-0.3, -0.25) is 0 Å². The van der Waals surface area contributed by atoms with Crippen molar-refractivity contribution in [2.75, 3.05) is 6.61 Å². The molecule has 2 heterocycles. The van der Waals surface area contributed by atoms with E-state index in [1.807, 2.05) is 32.0 Å². The minimum Gasteiger partial charge on any atom is -0.493 e. The average molecular weight is 285 g/mol. The predicted molar refractivity (Wildman–Crippen MR) is 83.5 cm³/mol. The number of aromatic nitrogens is 1. The molecule has 112 valence electrons. The third kappa shape index (κ3) is 2.98. The molecule has 2 unspecified atom stereocenters. The van der Waals surface area contributed by atoms with E-state index in [4.69, 9.17) is 4.74 Å². The highest BCUT2D eigenvalue weighted by molar-refractivity contribution is 5.37. The van der Waals surface area contributed by atoms with Crippen molar-refractivity contribution in [2.45, 2.75) is 38.8 Å². The maximum Gasteiger partial charge on any atom is 0.122 e. The Balaban J connectivity index is 1.76. The minimum atomic E-state index is -0.381. The average Bonchev–Trinajstić information content (AvgIpc) is 2.95. The summed E-state index contributed by atoms with van der Waals surface area (Å²) in [5, 5.41) is 10.1. The second-order valence-electron chi connectivity index (χ2n) is 6.20. The standard InChI is InChI=1S/C18H23NO2/c1-13(2)18(20)15-7-9-19(12-15)11-14-8-10-21-17-6-4-3-5-16(14)17/h3-7,9,12-14,18,20H,8,10-11H2,1-2H3. The summed E-state index contributed by atoms with van der Waals surface area (Å²) in [7, 11) is 0. The van der Waals surface area contributed by atoms with Crippen molar-refractivity contribution >= 4 is 0 Å². The van der Waals surface area contributed by atoms with Gasteiger partial charge in [0, 0.05) is 24.9 Å². The third-order valence-electron chi connectivity index (χ3n) is 4.26.